The van der Waals surface area contributed by atoms with Crippen molar-refractivity contribution in [2.45, 2.75) is 6.92 Å². The van der Waals surface area contributed by atoms with Crippen molar-refractivity contribution < 1.29 is 14.2 Å². The van der Waals surface area contributed by atoms with Crippen LogP contribution in [0.4, 0.5) is 17.3 Å². The number of ether oxygens (including phenoxy) is 1. The second-order valence-electron chi connectivity index (χ2n) is 5.51. The van der Waals surface area contributed by atoms with Gasteiger partial charge >= 0.3 is 11.6 Å². The van der Waals surface area contributed by atoms with Gasteiger partial charge in [-0.2, -0.15) is 4.98 Å². The number of aromatic nitrogens is 4. The Balaban J connectivity index is 1.76. The highest BCUT2D eigenvalue weighted by molar-refractivity contribution is 5.84. The molecule has 3 aromatic heterocycles. The molecule has 0 spiro atoms. The average molecular weight is 364 g/mol. The summed E-state index contributed by atoms with van der Waals surface area (Å²) in [5.74, 6) is 0.903. The van der Waals surface area contributed by atoms with Crippen molar-refractivity contribution in [1.29, 1.82) is 0 Å². The summed E-state index contributed by atoms with van der Waals surface area (Å²) in [6.45, 7) is 1.70. The summed E-state index contributed by atoms with van der Waals surface area (Å²) in [7, 11) is 0. The van der Waals surface area contributed by atoms with E-state index < -0.39 is 10.6 Å². The standard InChI is InChI=1S/C17H12N6O4/c1-10-8-13(22-27-10)21-16-15(23(24)25)17(20-9-19-16)26-12-6-2-4-11-5-3-7-18-14(11)12/h2-9H,1H3,(H,19,20,21,22). The lowest BCUT2D eigenvalue weighted by Crippen LogP contribution is -2.04. The number of hydrogen-bond donors (Lipinski definition) is 1. The molecule has 0 fully saturated rings. The lowest BCUT2D eigenvalue weighted by Gasteiger charge is -2.09. The van der Waals surface area contributed by atoms with Crippen molar-refractivity contribution in [3.05, 3.63) is 64.8 Å². The molecule has 0 bridgehead atoms. The minimum absolute atomic E-state index is 0.0634. The summed E-state index contributed by atoms with van der Waals surface area (Å²) in [4.78, 5) is 23.1. The van der Waals surface area contributed by atoms with Gasteiger partial charge in [0, 0.05) is 17.6 Å². The molecule has 10 heteroatoms. The molecule has 10 nitrogen and oxygen atoms in total. The van der Waals surface area contributed by atoms with Crippen LogP contribution in [-0.2, 0) is 0 Å². The minimum atomic E-state index is -0.622. The second kappa shape index (κ2) is 6.67. The zero-order chi connectivity index (χ0) is 18.8. The van der Waals surface area contributed by atoms with Gasteiger partial charge in [0.05, 0.1) is 4.92 Å². The van der Waals surface area contributed by atoms with Crippen LogP contribution in [0.1, 0.15) is 5.76 Å². The Morgan fingerprint density at radius 1 is 1.19 bits per heavy atom. The predicted octanol–water partition coefficient (Wildman–Crippen LogP) is 3.77. The number of nitro groups is 1. The fourth-order valence-electron chi connectivity index (χ4n) is 2.50. The molecule has 3 heterocycles. The number of nitrogens with zero attached hydrogens (tertiary/aromatic N) is 5. The molecule has 0 radical (unpaired) electrons. The average Bonchev–Trinajstić information content (AvgIpc) is 3.07. The SMILES string of the molecule is Cc1cc(Nc2ncnc(Oc3cccc4cccnc34)c2[N+](=O)[O-])no1. The first kappa shape index (κ1) is 16.4. The highest BCUT2D eigenvalue weighted by Crippen LogP contribution is 2.36. The van der Waals surface area contributed by atoms with E-state index in [4.69, 9.17) is 9.26 Å². The van der Waals surface area contributed by atoms with E-state index >= 15 is 0 Å². The monoisotopic (exact) mass is 364 g/mol. The van der Waals surface area contributed by atoms with E-state index in [1.165, 1.54) is 0 Å². The van der Waals surface area contributed by atoms with E-state index in [0.717, 1.165) is 11.7 Å². The van der Waals surface area contributed by atoms with Crippen LogP contribution in [-0.4, -0.2) is 25.0 Å². The van der Waals surface area contributed by atoms with Gasteiger partial charge in [-0.3, -0.25) is 15.1 Å². The first-order valence-electron chi connectivity index (χ1n) is 7.83. The Kier molecular flexibility index (Phi) is 4.05. The van der Waals surface area contributed by atoms with Gasteiger partial charge in [0.2, 0.25) is 5.82 Å². The third-order valence-corrected chi connectivity index (χ3v) is 3.65. The van der Waals surface area contributed by atoms with E-state index in [0.29, 0.717) is 17.0 Å². The molecule has 27 heavy (non-hydrogen) atoms. The molecule has 0 aliphatic heterocycles. The zero-order valence-corrected chi connectivity index (χ0v) is 14.0. The molecule has 0 unspecified atom stereocenters. The van der Waals surface area contributed by atoms with E-state index in [1.54, 1.807) is 37.4 Å². The Labute approximate surface area is 152 Å². The summed E-state index contributed by atoms with van der Waals surface area (Å²) in [6.07, 6.45) is 2.78. The van der Waals surface area contributed by atoms with Crippen molar-refractivity contribution in [1.82, 2.24) is 20.1 Å². The lowest BCUT2D eigenvalue weighted by molar-refractivity contribution is -0.385. The van der Waals surface area contributed by atoms with E-state index in [2.05, 4.69) is 25.4 Å². The number of nitrogens with one attached hydrogen (secondary N) is 1. The van der Waals surface area contributed by atoms with E-state index in [-0.39, 0.29) is 17.5 Å². The number of hydrogen-bond acceptors (Lipinski definition) is 9. The number of para-hydroxylation sites is 1. The van der Waals surface area contributed by atoms with Crippen LogP contribution < -0.4 is 10.1 Å². The highest BCUT2D eigenvalue weighted by Gasteiger charge is 2.26. The van der Waals surface area contributed by atoms with Crippen molar-refractivity contribution >= 4 is 28.2 Å². The van der Waals surface area contributed by atoms with Crippen molar-refractivity contribution in [2.75, 3.05) is 5.32 Å². The van der Waals surface area contributed by atoms with E-state index in [1.807, 2.05) is 12.1 Å². The van der Waals surface area contributed by atoms with Crippen LogP contribution in [0.15, 0.2) is 53.4 Å². The number of benzene rings is 1. The molecule has 4 rings (SSSR count). The molecule has 1 aromatic carbocycles. The largest absolute Gasteiger partial charge is 0.431 e. The Morgan fingerprint density at radius 2 is 2.04 bits per heavy atom. The number of pyridine rings is 1. The third kappa shape index (κ3) is 3.23. The van der Waals surface area contributed by atoms with Crippen LogP contribution in [0.5, 0.6) is 11.6 Å². The normalized spacial score (nSPS) is 10.7. The second-order valence-corrected chi connectivity index (χ2v) is 5.51. The molecule has 0 aliphatic rings. The summed E-state index contributed by atoms with van der Waals surface area (Å²) in [6, 6.07) is 10.5. The van der Waals surface area contributed by atoms with Crippen LogP contribution in [0.2, 0.25) is 0 Å². The van der Waals surface area contributed by atoms with Crippen LogP contribution >= 0.6 is 0 Å². The summed E-state index contributed by atoms with van der Waals surface area (Å²) in [5.41, 5.74) is 0.139. The first-order chi connectivity index (χ1) is 13.1. The molecule has 0 saturated carbocycles. The lowest BCUT2D eigenvalue weighted by atomic mass is 10.2. The molecular formula is C17H12N6O4. The van der Waals surface area contributed by atoms with E-state index in [9.17, 15) is 10.1 Å². The van der Waals surface area contributed by atoms with Crippen LogP contribution in [0.3, 0.4) is 0 Å². The molecule has 0 saturated heterocycles. The highest BCUT2D eigenvalue weighted by atomic mass is 16.6. The zero-order valence-electron chi connectivity index (χ0n) is 14.0. The maximum absolute atomic E-state index is 11.6. The van der Waals surface area contributed by atoms with Gasteiger partial charge in [0.15, 0.2) is 11.6 Å². The number of anilines is 2. The fraction of sp³-hybridized carbons (Fsp3) is 0.0588. The quantitative estimate of drug-likeness (QED) is 0.415. The molecule has 0 amide bonds. The molecule has 0 aliphatic carbocycles. The first-order valence-corrected chi connectivity index (χ1v) is 7.83. The molecular weight excluding hydrogens is 352 g/mol. The smallest absolute Gasteiger partial charge is 0.373 e. The minimum Gasteiger partial charge on any atom is -0.431 e. The van der Waals surface area contributed by atoms with Crippen molar-refractivity contribution in [3.8, 4) is 11.6 Å². The molecule has 1 N–H and O–H groups in total. The van der Waals surface area contributed by atoms with Gasteiger partial charge in [-0.15, -0.1) is 0 Å². The van der Waals surface area contributed by atoms with Crippen LogP contribution in [0, 0.1) is 17.0 Å². The van der Waals surface area contributed by atoms with Gasteiger partial charge in [-0.1, -0.05) is 23.4 Å². The van der Waals surface area contributed by atoms with Crippen molar-refractivity contribution in [3.63, 3.8) is 0 Å². The molecule has 134 valence electrons. The molecule has 4 aromatic rings. The van der Waals surface area contributed by atoms with Gasteiger partial charge in [-0.05, 0) is 19.1 Å². The van der Waals surface area contributed by atoms with Gasteiger partial charge < -0.3 is 14.6 Å². The van der Waals surface area contributed by atoms with Gasteiger partial charge in [0.1, 0.15) is 17.6 Å². The molecule has 0 atom stereocenters. The summed E-state index contributed by atoms with van der Waals surface area (Å²) >= 11 is 0. The fourth-order valence-corrected chi connectivity index (χ4v) is 2.50. The van der Waals surface area contributed by atoms with Gasteiger partial charge in [-0.25, -0.2) is 4.98 Å². The Morgan fingerprint density at radius 3 is 2.81 bits per heavy atom. The number of aryl methyl sites for hydroxylation is 1. The van der Waals surface area contributed by atoms with Crippen LogP contribution in [0.25, 0.3) is 10.9 Å². The van der Waals surface area contributed by atoms with Gasteiger partial charge in [0.25, 0.3) is 0 Å². The Bertz CT molecular complexity index is 1140. The summed E-state index contributed by atoms with van der Waals surface area (Å²) in [5, 5.41) is 19.0. The number of rotatable bonds is 5. The maximum Gasteiger partial charge on any atom is 0.373 e. The summed E-state index contributed by atoms with van der Waals surface area (Å²) < 4.78 is 10.7. The third-order valence-electron chi connectivity index (χ3n) is 3.65. The predicted molar refractivity (Wildman–Crippen MR) is 95.0 cm³/mol. The Hall–Kier alpha value is -4.08. The maximum atomic E-state index is 11.6. The van der Waals surface area contributed by atoms with Crippen molar-refractivity contribution in [2.24, 2.45) is 0 Å². The number of fused-ring (bicyclic) bond motifs is 1. The topological polar surface area (TPSA) is 129 Å².